The Morgan fingerprint density at radius 3 is 1.85 bits per heavy atom. The minimum atomic E-state index is -4.19. The fourth-order valence-electron chi connectivity index (χ4n) is 1.32. The van der Waals surface area contributed by atoms with Crippen LogP contribution in [0.4, 0.5) is 11.6 Å². The first-order valence-corrected chi connectivity index (χ1v) is 12.7. The number of nitrogens with one attached hydrogen (secondary N) is 2. The molecule has 2 aromatic rings. The van der Waals surface area contributed by atoms with Gasteiger partial charge in [0.1, 0.15) is 16.5 Å². The summed E-state index contributed by atoms with van der Waals surface area (Å²) in [7, 11) is 4.71. The van der Waals surface area contributed by atoms with E-state index in [1.54, 1.807) is 13.2 Å². The fourth-order valence-corrected chi connectivity index (χ4v) is 3.04. The van der Waals surface area contributed by atoms with Crippen molar-refractivity contribution in [2.45, 2.75) is 4.90 Å². The molecule has 3 N–H and O–H groups in total. The Morgan fingerprint density at radius 2 is 1.48 bits per heavy atom. The number of aromatic nitrogens is 2. The van der Waals surface area contributed by atoms with Gasteiger partial charge in [-0.05, 0) is 50.1 Å². The van der Waals surface area contributed by atoms with Gasteiger partial charge in [-0.2, -0.15) is 8.42 Å². The highest BCUT2D eigenvalue weighted by Crippen LogP contribution is 2.25. The van der Waals surface area contributed by atoms with E-state index >= 15 is 0 Å². The molecule has 0 unspecified atom stereocenters. The third-order valence-electron chi connectivity index (χ3n) is 2.30. The SMILES string of the molecule is CNc1ccc(Br)cn1.CNc1ncc(Br)cc1S(=O)(=O)Cl.O=S(=O)(O)Cl. The fraction of sp³-hybridized carbons (Fsp3) is 0.167. The number of nitrogens with zero attached hydrogens (tertiary/aromatic N) is 2. The first-order valence-electron chi connectivity index (χ1n) is 6.52. The molecular formula is C12H14Br2Cl2N4O5S2. The molecule has 0 bridgehead atoms. The molecule has 0 amide bonds. The van der Waals surface area contributed by atoms with E-state index in [4.69, 9.17) is 23.7 Å². The van der Waals surface area contributed by atoms with Crippen LogP contribution in [0.15, 0.2) is 44.4 Å². The molecule has 0 atom stereocenters. The molecule has 9 nitrogen and oxygen atoms in total. The lowest BCUT2D eigenvalue weighted by Gasteiger charge is -2.04. The molecule has 0 aliphatic heterocycles. The molecule has 0 radical (unpaired) electrons. The number of hydrogen-bond donors (Lipinski definition) is 3. The molecule has 15 heteroatoms. The van der Waals surface area contributed by atoms with Gasteiger partial charge in [0.25, 0.3) is 9.05 Å². The average molecular weight is 589 g/mol. The van der Waals surface area contributed by atoms with Crippen LogP contribution in [0.5, 0.6) is 0 Å². The Kier molecular flexibility index (Phi) is 11.7. The van der Waals surface area contributed by atoms with E-state index in [0.29, 0.717) is 4.47 Å². The normalized spacial score (nSPS) is 10.6. The number of hydrogen-bond acceptors (Lipinski definition) is 8. The molecule has 2 aromatic heterocycles. The molecule has 152 valence electrons. The van der Waals surface area contributed by atoms with Crippen molar-refractivity contribution in [1.29, 1.82) is 0 Å². The Morgan fingerprint density at radius 1 is 0.963 bits per heavy atom. The molecule has 0 saturated carbocycles. The highest BCUT2D eigenvalue weighted by atomic mass is 79.9. The van der Waals surface area contributed by atoms with Crippen molar-refractivity contribution in [3.05, 3.63) is 39.5 Å². The Bertz CT molecular complexity index is 937. The van der Waals surface area contributed by atoms with Gasteiger partial charge in [0, 0.05) is 56.8 Å². The van der Waals surface area contributed by atoms with Crippen LogP contribution in [0.1, 0.15) is 0 Å². The van der Waals surface area contributed by atoms with Crippen LogP contribution in [0.3, 0.4) is 0 Å². The maximum atomic E-state index is 11.0. The summed E-state index contributed by atoms with van der Waals surface area (Å²) in [5, 5.41) is 5.56. The molecular weight excluding hydrogens is 575 g/mol. The van der Waals surface area contributed by atoms with Gasteiger partial charge in [-0.15, -0.1) is 0 Å². The van der Waals surface area contributed by atoms with Crippen LogP contribution in [0.2, 0.25) is 0 Å². The summed E-state index contributed by atoms with van der Waals surface area (Å²) in [6.45, 7) is 0. The zero-order valence-electron chi connectivity index (χ0n) is 13.7. The summed E-state index contributed by atoms with van der Waals surface area (Å²) in [5.74, 6) is 1.12. The van der Waals surface area contributed by atoms with Gasteiger partial charge in [0.15, 0.2) is 0 Å². The summed E-state index contributed by atoms with van der Waals surface area (Å²) < 4.78 is 48.8. The topological polar surface area (TPSA) is 138 Å². The van der Waals surface area contributed by atoms with Gasteiger partial charge in [-0.1, -0.05) is 0 Å². The lowest BCUT2D eigenvalue weighted by molar-refractivity contribution is 0.501. The van der Waals surface area contributed by atoms with Gasteiger partial charge in [0.05, 0.1) is 0 Å². The number of pyridine rings is 2. The van der Waals surface area contributed by atoms with Crippen LogP contribution >= 0.6 is 53.2 Å². The average Bonchev–Trinajstić information content (AvgIpc) is 2.54. The summed E-state index contributed by atoms with van der Waals surface area (Å²) in [5.41, 5.74) is 0. The van der Waals surface area contributed by atoms with Crippen LogP contribution in [0.25, 0.3) is 0 Å². The van der Waals surface area contributed by atoms with Gasteiger partial charge in [-0.3, -0.25) is 4.55 Å². The highest BCUT2D eigenvalue weighted by Gasteiger charge is 2.16. The van der Waals surface area contributed by atoms with Crippen molar-refractivity contribution in [3.8, 4) is 0 Å². The van der Waals surface area contributed by atoms with E-state index in [1.165, 1.54) is 12.3 Å². The van der Waals surface area contributed by atoms with E-state index < -0.39 is 18.4 Å². The Labute approximate surface area is 182 Å². The van der Waals surface area contributed by atoms with Crippen molar-refractivity contribution in [2.75, 3.05) is 24.7 Å². The van der Waals surface area contributed by atoms with E-state index in [9.17, 15) is 8.42 Å². The third-order valence-corrected chi connectivity index (χ3v) is 4.54. The van der Waals surface area contributed by atoms with Crippen LogP contribution in [0, 0.1) is 0 Å². The summed E-state index contributed by atoms with van der Waals surface area (Å²) in [4.78, 5) is 7.84. The summed E-state index contributed by atoms with van der Waals surface area (Å²) in [6.07, 6.45) is 3.24. The second-order valence-electron chi connectivity index (χ2n) is 4.21. The quantitative estimate of drug-likeness (QED) is 0.361. The zero-order valence-corrected chi connectivity index (χ0v) is 20.0. The van der Waals surface area contributed by atoms with Gasteiger partial charge in [0.2, 0.25) is 0 Å². The summed E-state index contributed by atoms with van der Waals surface area (Å²) >= 11 is 6.39. The van der Waals surface area contributed by atoms with Crippen molar-refractivity contribution >= 4 is 83.2 Å². The molecule has 0 aliphatic rings. The number of rotatable bonds is 3. The number of anilines is 2. The first kappa shape index (κ1) is 26.3. The van der Waals surface area contributed by atoms with Crippen LogP contribution < -0.4 is 10.6 Å². The van der Waals surface area contributed by atoms with Gasteiger partial charge < -0.3 is 10.6 Å². The number of halogens is 4. The van der Waals surface area contributed by atoms with E-state index in [2.05, 4.69) is 63.1 Å². The first-order chi connectivity index (χ1) is 12.3. The predicted octanol–water partition coefficient (Wildman–Crippen LogP) is 3.73. The maximum absolute atomic E-state index is 11.0. The zero-order chi connectivity index (χ0) is 21.3. The third kappa shape index (κ3) is 13.2. The Hall–Kier alpha value is -0.700. The lowest BCUT2D eigenvalue weighted by atomic mass is 10.4. The monoisotopic (exact) mass is 586 g/mol. The highest BCUT2D eigenvalue weighted by molar-refractivity contribution is 9.10. The maximum Gasteiger partial charge on any atom is 0.353 e. The molecule has 27 heavy (non-hydrogen) atoms. The second kappa shape index (κ2) is 12.0. The van der Waals surface area contributed by atoms with Crippen molar-refractivity contribution in [2.24, 2.45) is 0 Å². The minimum Gasteiger partial charge on any atom is -0.373 e. The van der Waals surface area contributed by atoms with Gasteiger partial charge in [-0.25, -0.2) is 18.4 Å². The van der Waals surface area contributed by atoms with Crippen LogP contribution in [-0.2, 0) is 18.4 Å². The molecule has 0 aliphatic carbocycles. The molecule has 0 fully saturated rings. The van der Waals surface area contributed by atoms with E-state index in [0.717, 1.165) is 10.3 Å². The van der Waals surface area contributed by atoms with Crippen molar-refractivity contribution in [1.82, 2.24) is 9.97 Å². The molecule has 2 heterocycles. The minimum absolute atomic E-state index is 0.0361. The molecule has 0 aromatic carbocycles. The van der Waals surface area contributed by atoms with Crippen LogP contribution in [-0.4, -0.2) is 45.5 Å². The Balaban J connectivity index is 0.000000419. The van der Waals surface area contributed by atoms with E-state index in [1.807, 2.05) is 19.2 Å². The molecule has 0 saturated heterocycles. The predicted molar refractivity (Wildman–Crippen MR) is 113 cm³/mol. The standard InChI is InChI=1S/C6H6BrClN2O2S.C6H7BrN2.ClHO3S/c1-9-6-5(13(8,11)12)2-4(7)3-10-6;1-8-6-3-2-5(7)4-9-6;1-5(2,3)4/h2-3H,1H3,(H,9,10);2-4H,1H3,(H,8,9);(H,2,3,4). The molecule has 2 rings (SSSR count). The van der Waals surface area contributed by atoms with Crippen molar-refractivity contribution < 1.29 is 21.4 Å². The molecule has 0 spiro atoms. The lowest BCUT2D eigenvalue weighted by Crippen LogP contribution is -2.01. The van der Waals surface area contributed by atoms with E-state index in [-0.39, 0.29) is 10.7 Å². The second-order valence-corrected chi connectivity index (χ2v) is 10.6. The van der Waals surface area contributed by atoms with Gasteiger partial charge >= 0.3 is 9.33 Å². The van der Waals surface area contributed by atoms with Crippen molar-refractivity contribution in [3.63, 3.8) is 0 Å². The smallest absolute Gasteiger partial charge is 0.353 e. The largest absolute Gasteiger partial charge is 0.373 e. The summed E-state index contributed by atoms with van der Waals surface area (Å²) in [6, 6.07) is 5.24.